The first-order valence-corrected chi connectivity index (χ1v) is 5.87. The number of amides is 1. The summed E-state index contributed by atoms with van der Waals surface area (Å²) in [6.07, 6.45) is 1.37. The maximum Gasteiger partial charge on any atom is 0.259 e. The molecule has 0 saturated carbocycles. The lowest BCUT2D eigenvalue weighted by Crippen LogP contribution is -2.18. The molecular weight excluding hydrogens is 291 g/mol. The number of carbonyl (C=O) groups is 1. The van der Waals surface area contributed by atoms with Gasteiger partial charge in [0.25, 0.3) is 5.91 Å². The molecule has 0 bridgehead atoms. The highest BCUT2D eigenvalue weighted by atomic mass is 35.5. The van der Waals surface area contributed by atoms with Crippen LogP contribution in [0.3, 0.4) is 0 Å². The Morgan fingerprint density at radius 3 is 2.84 bits per heavy atom. The molecule has 1 amide bonds. The number of hydrogen-bond donors (Lipinski definition) is 3. The lowest BCUT2D eigenvalue weighted by atomic mass is 10.2. The number of carbonyl (C=O) groups excluding carboxylic acids is 1. The number of anilines is 1. The van der Waals surface area contributed by atoms with Crippen LogP contribution >= 0.6 is 23.8 Å². The first-order chi connectivity index (χ1) is 8.99. The zero-order chi connectivity index (χ0) is 14.0. The van der Waals surface area contributed by atoms with Crippen molar-refractivity contribution in [1.82, 2.24) is 10.2 Å². The molecule has 0 spiro atoms. The molecule has 0 aliphatic rings. The normalized spacial score (nSPS) is 10.2. The minimum Gasteiger partial charge on any atom is -0.389 e. The van der Waals surface area contributed by atoms with Crippen LogP contribution in [-0.2, 0) is 0 Å². The molecule has 1 aromatic heterocycles. The van der Waals surface area contributed by atoms with Crippen molar-refractivity contribution in [2.45, 2.75) is 0 Å². The summed E-state index contributed by atoms with van der Waals surface area (Å²) < 4.78 is 13.6. The van der Waals surface area contributed by atoms with Gasteiger partial charge < -0.3 is 11.1 Å². The van der Waals surface area contributed by atoms with Crippen LogP contribution in [0, 0.1) is 5.82 Å². The lowest BCUT2D eigenvalue weighted by molar-refractivity contribution is 0.102. The van der Waals surface area contributed by atoms with Gasteiger partial charge in [-0.05, 0) is 18.2 Å². The average molecular weight is 299 g/mol. The fourth-order valence-corrected chi connectivity index (χ4v) is 1.74. The molecule has 0 radical (unpaired) electrons. The molecule has 0 unspecified atom stereocenters. The van der Waals surface area contributed by atoms with Crippen molar-refractivity contribution < 1.29 is 9.18 Å². The van der Waals surface area contributed by atoms with E-state index in [2.05, 4.69) is 15.5 Å². The Morgan fingerprint density at radius 2 is 2.21 bits per heavy atom. The molecule has 2 aromatic rings. The van der Waals surface area contributed by atoms with Crippen LogP contribution in [0.4, 0.5) is 10.2 Å². The second-order valence-electron chi connectivity index (χ2n) is 3.60. The van der Waals surface area contributed by atoms with Crippen LogP contribution < -0.4 is 11.1 Å². The van der Waals surface area contributed by atoms with Crippen molar-refractivity contribution in [3.8, 4) is 0 Å². The number of nitrogens with one attached hydrogen (secondary N) is 2. The zero-order valence-corrected chi connectivity index (χ0v) is 11.0. The van der Waals surface area contributed by atoms with E-state index < -0.39 is 11.7 Å². The van der Waals surface area contributed by atoms with Gasteiger partial charge in [0.1, 0.15) is 16.6 Å². The second kappa shape index (κ2) is 5.33. The lowest BCUT2D eigenvalue weighted by Gasteiger charge is -2.06. The number of H-pyrrole nitrogens is 1. The van der Waals surface area contributed by atoms with Gasteiger partial charge >= 0.3 is 0 Å². The number of halogens is 2. The molecule has 8 heteroatoms. The van der Waals surface area contributed by atoms with E-state index in [1.165, 1.54) is 18.3 Å². The summed E-state index contributed by atoms with van der Waals surface area (Å²) in [5.74, 6) is -1.16. The van der Waals surface area contributed by atoms with E-state index in [0.717, 1.165) is 6.07 Å². The van der Waals surface area contributed by atoms with Gasteiger partial charge in [-0.25, -0.2) is 4.39 Å². The molecule has 4 N–H and O–H groups in total. The second-order valence-corrected chi connectivity index (χ2v) is 4.48. The molecule has 19 heavy (non-hydrogen) atoms. The Hall–Kier alpha value is -1.99. The number of rotatable bonds is 3. The van der Waals surface area contributed by atoms with Gasteiger partial charge in [0.2, 0.25) is 0 Å². The van der Waals surface area contributed by atoms with Crippen molar-refractivity contribution >= 4 is 40.5 Å². The molecule has 0 saturated heterocycles. The van der Waals surface area contributed by atoms with E-state index in [9.17, 15) is 9.18 Å². The molecule has 2 rings (SSSR count). The monoisotopic (exact) mass is 298 g/mol. The topological polar surface area (TPSA) is 83.8 Å². The molecule has 1 heterocycles. The van der Waals surface area contributed by atoms with Crippen LogP contribution in [0.1, 0.15) is 15.9 Å². The third-order valence-corrected chi connectivity index (χ3v) is 2.77. The first-order valence-electron chi connectivity index (χ1n) is 5.08. The Bertz CT molecular complexity index is 658. The van der Waals surface area contributed by atoms with E-state index in [1.807, 2.05) is 0 Å². The highest BCUT2D eigenvalue weighted by Crippen LogP contribution is 2.17. The quantitative estimate of drug-likeness (QED) is 0.758. The molecule has 0 aliphatic heterocycles. The Balaban J connectivity index is 2.26. The van der Waals surface area contributed by atoms with Crippen molar-refractivity contribution in [2.24, 2.45) is 5.73 Å². The summed E-state index contributed by atoms with van der Waals surface area (Å²) in [5, 5.41) is 8.87. The van der Waals surface area contributed by atoms with Crippen molar-refractivity contribution in [2.75, 3.05) is 5.32 Å². The fourth-order valence-electron chi connectivity index (χ4n) is 1.42. The Kier molecular flexibility index (Phi) is 3.77. The maximum absolute atomic E-state index is 13.6. The third kappa shape index (κ3) is 2.88. The van der Waals surface area contributed by atoms with Gasteiger partial charge in [0.15, 0.2) is 0 Å². The molecule has 0 fully saturated rings. The van der Waals surface area contributed by atoms with Crippen LogP contribution in [0.2, 0.25) is 5.02 Å². The molecule has 1 aromatic carbocycles. The minimum atomic E-state index is -0.721. The van der Waals surface area contributed by atoms with Crippen molar-refractivity contribution in [3.63, 3.8) is 0 Å². The van der Waals surface area contributed by atoms with Gasteiger partial charge in [-0.1, -0.05) is 23.8 Å². The summed E-state index contributed by atoms with van der Waals surface area (Å²) in [6.45, 7) is 0. The minimum absolute atomic E-state index is 0.0700. The number of nitrogens with two attached hydrogens (primary N) is 1. The maximum atomic E-state index is 13.6. The highest BCUT2D eigenvalue weighted by molar-refractivity contribution is 7.80. The van der Waals surface area contributed by atoms with E-state index in [1.54, 1.807) is 0 Å². The molecule has 0 atom stereocenters. The van der Waals surface area contributed by atoms with Crippen molar-refractivity contribution in [1.29, 1.82) is 0 Å². The smallest absolute Gasteiger partial charge is 0.259 e. The number of thiocarbonyl (C=S) groups is 1. The van der Waals surface area contributed by atoms with Crippen molar-refractivity contribution in [3.05, 3.63) is 46.4 Å². The van der Waals surface area contributed by atoms with Crippen LogP contribution in [0.5, 0.6) is 0 Å². The van der Waals surface area contributed by atoms with Crippen LogP contribution in [0.15, 0.2) is 24.4 Å². The summed E-state index contributed by atoms with van der Waals surface area (Å²) in [5.41, 5.74) is 5.68. The summed E-state index contributed by atoms with van der Waals surface area (Å²) >= 11 is 10.4. The molecule has 98 valence electrons. The van der Waals surface area contributed by atoms with Gasteiger partial charge in [-0.15, -0.1) is 0 Å². The summed E-state index contributed by atoms with van der Waals surface area (Å²) in [7, 11) is 0. The van der Waals surface area contributed by atoms with E-state index in [-0.39, 0.29) is 21.4 Å². The Morgan fingerprint density at radius 1 is 1.47 bits per heavy atom. The van der Waals surface area contributed by atoms with Gasteiger partial charge in [-0.2, -0.15) is 5.10 Å². The number of aromatic amines is 1. The number of hydrogen-bond acceptors (Lipinski definition) is 3. The predicted molar refractivity (Wildman–Crippen MR) is 73.8 cm³/mol. The fraction of sp³-hybridized carbons (Fsp3) is 0. The largest absolute Gasteiger partial charge is 0.389 e. The first kappa shape index (κ1) is 13.4. The van der Waals surface area contributed by atoms with Gasteiger partial charge in [0, 0.05) is 5.02 Å². The third-order valence-electron chi connectivity index (χ3n) is 2.32. The molecule has 0 aliphatic carbocycles. The summed E-state index contributed by atoms with van der Waals surface area (Å²) in [6, 6.07) is 3.75. The SMILES string of the molecule is NC(=S)c1cn[nH]c1NC(=O)c1ccc(Cl)cc1F. The van der Waals surface area contributed by atoms with E-state index in [0.29, 0.717) is 5.56 Å². The number of nitrogens with zero attached hydrogens (tertiary/aromatic N) is 1. The predicted octanol–water partition coefficient (Wildman–Crippen LogP) is 2.09. The average Bonchev–Trinajstić information content (AvgIpc) is 2.76. The van der Waals surface area contributed by atoms with Crippen LogP contribution in [-0.4, -0.2) is 21.1 Å². The van der Waals surface area contributed by atoms with E-state index >= 15 is 0 Å². The van der Waals surface area contributed by atoms with Crippen LogP contribution in [0.25, 0.3) is 0 Å². The zero-order valence-electron chi connectivity index (χ0n) is 9.41. The Labute approximate surface area is 117 Å². The number of aromatic nitrogens is 2. The van der Waals surface area contributed by atoms with E-state index in [4.69, 9.17) is 29.6 Å². The molecular formula is C11H8ClFN4OS. The number of benzene rings is 1. The van der Waals surface area contributed by atoms with Gasteiger partial charge in [0.05, 0.1) is 17.3 Å². The molecule has 5 nitrogen and oxygen atoms in total. The standard InChI is InChI=1S/C11H8ClFN4OS/c12-5-1-2-6(8(13)3-5)11(18)16-10-7(9(14)19)4-15-17-10/h1-4H,(H2,14,19)(H2,15,16,17,18). The van der Waals surface area contributed by atoms with Gasteiger partial charge in [-0.3, -0.25) is 9.89 Å². The highest BCUT2D eigenvalue weighted by Gasteiger charge is 2.15. The summed E-state index contributed by atoms with van der Waals surface area (Å²) in [4.78, 5) is 12.0.